The molecule has 0 aliphatic heterocycles. The van der Waals surface area contributed by atoms with E-state index in [9.17, 15) is 8.78 Å². The van der Waals surface area contributed by atoms with E-state index in [4.69, 9.17) is 0 Å². The van der Waals surface area contributed by atoms with E-state index in [1.165, 1.54) is 44.2 Å². The Bertz CT molecular complexity index is 411. The highest BCUT2D eigenvalue weighted by molar-refractivity contribution is 9.09. The summed E-state index contributed by atoms with van der Waals surface area (Å²) in [6.07, 6.45) is 7.06. The minimum Gasteiger partial charge on any atom is -0.204 e. The van der Waals surface area contributed by atoms with Crippen LogP contribution in [0.2, 0.25) is 0 Å². The number of benzene rings is 1. The highest BCUT2D eigenvalue weighted by atomic mass is 79.9. The zero-order chi connectivity index (χ0) is 13.2. The van der Waals surface area contributed by atoms with E-state index in [1.54, 1.807) is 6.07 Å². The Morgan fingerprint density at radius 1 is 1.17 bits per heavy atom. The number of hydrogen-bond acceptors (Lipinski definition) is 0. The van der Waals surface area contributed by atoms with Crippen LogP contribution in [0.3, 0.4) is 0 Å². The zero-order valence-electron chi connectivity index (χ0n) is 10.7. The Morgan fingerprint density at radius 2 is 1.83 bits per heavy atom. The molecule has 1 aliphatic rings. The number of halogens is 3. The van der Waals surface area contributed by atoms with Crippen LogP contribution in [-0.4, -0.2) is 4.83 Å². The molecule has 0 heterocycles. The molecule has 2 rings (SSSR count). The lowest BCUT2D eigenvalue weighted by Crippen LogP contribution is -2.31. The maximum absolute atomic E-state index is 13.2. The minimum atomic E-state index is -0.770. The van der Waals surface area contributed by atoms with E-state index >= 15 is 0 Å². The molecule has 1 saturated carbocycles. The second-order valence-electron chi connectivity index (χ2n) is 5.63. The van der Waals surface area contributed by atoms with Gasteiger partial charge in [-0.05, 0) is 42.4 Å². The van der Waals surface area contributed by atoms with Crippen LogP contribution < -0.4 is 0 Å². The molecule has 0 N–H and O–H groups in total. The predicted octanol–water partition coefficient (Wildman–Crippen LogP) is 5.24. The van der Waals surface area contributed by atoms with Gasteiger partial charge in [-0.3, -0.25) is 0 Å². The molecule has 0 radical (unpaired) electrons. The van der Waals surface area contributed by atoms with Gasteiger partial charge in [0.25, 0.3) is 0 Å². The molecule has 0 nitrogen and oxygen atoms in total. The van der Waals surface area contributed by atoms with Gasteiger partial charge in [0.15, 0.2) is 11.6 Å². The summed E-state index contributed by atoms with van der Waals surface area (Å²) in [5, 5.41) is 0. The van der Waals surface area contributed by atoms with Crippen molar-refractivity contribution in [3.05, 3.63) is 35.4 Å². The molecule has 1 aliphatic carbocycles. The molecule has 0 aromatic heterocycles. The van der Waals surface area contributed by atoms with Crippen LogP contribution in [-0.2, 0) is 6.42 Å². The Hall–Kier alpha value is -0.440. The second-order valence-corrected chi connectivity index (χ2v) is 6.74. The third-order valence-electron chi connectivity index (χ3n) is 4.15. The molecule has 0 saturated heterocycles. The highest BCUT2D eigenvalue weighted by Crippen LogP contribution is 2.43. The summed E-state index contributed by atoms with van der Waals surface area (Å²) in [5.41, 5.74) is 1.14. The fraction of sp³-hybridized carbons (Fsp3) is 0.600. The van der Waals surface area contributed by atoms with Crippen molar-refractivity contribution in [1.82, 2.24) is 0 Å². The van der Waals surface area contributed by atoms with Crippen LogP contribution in [0.1, 0.15) is 44.6 Å². The van der Waals surface area contributed by atoms with E-state index < -0.39 is 11.6 Å². The van der Waals surface area contributed by atoms with Crippen LogP contribution in [0.25, 0.3) is 0 Å². The smallest absolute Gasteiger partial charge is 0.159 e. The average Bonchev–Trinajstić information content (AvgIpc) is 2.35. The Kier molecular flexibility index (Phi) is 4.41. The molecule has 1 aromatic carbocycles. The number of alkyl halides is 1. The summed E-state index contributed by atoms with van der Waals surface area (Å²) < 4.78 is 26.1. The van der Waals surface area contributed by atoms with Gasteiger partial charge in [0, 0.05) is 4.83 Å². The van der Waals surface area contributed by atoms with E-state index in [1.807, 2.05) is 0 Å². The molecule has 0 spiro atoms. The molecule has 18 heavy (non-hydrogen) atoms. The van der Waals surface area contributed by atoms with Crippen LogP contribution in [0, 0.1) is 17.0 Å². The van der Waals surface area contributed by atoms with E-state index in [-0.39, 0.29) is 5.41 Å². The molecule has 100 valence electrons. The van der Waals surface area contributed by atoms with Crippen molar-refractivity contribution >= 4 is 15.9 Å². The van der Waals surface area contributed by atoms with Crippen molar-refractivity contribution in [3.63, 3.8) is 0 Å². The third-order valence-corrected chi connectivity index (χ3v) is 5.58. The number of hydrogen-bond donors (Lipinski definition) is 0. The first kappa shape index (κ1) is 14.0. The third kappa shape index (κ3) is 3.11. The second kappa shape index (κ2) is 5.68. The minimum absolute atomic E-state index is 0.281. The highest BCUT2D eigenvalue weighted by Gasteiger charge is 2.33. The lowest BCUT2D eigenvalue weighted by atomic mass is 9.72. The summed E-state index contributed by atoms with van der Waals surface area (Å²) in [5.74, 6) is -1.52. The summed E-state index contributed by atoms with van der Waals surface area (Å²) >= 11 is 3.76. The predicted molar refractivity (Wildman–Crippen MR) is 74.0 cm³/mol. The van der Waals surface area contributed by atoms with E-state index in [0.29, 0.717) is 4.83 Å². The van der Waals surface area contributed by atoms with Gasteiger partial charge >= 0.3 is 0 Å². The summed E-state index contributed by atoms with van der Waals surface area (Å²) in [7, 11) is 0. The maximum Gasteiger partial charge on any atom is 0.159 e. The van der Waals surface area contributed by atoms with Gasteiger partial charge in [0.1, 0.15) is 0 Å². The largest absolute Gasteiger partial charge is 0.204 e. The van der Waals surface area contributed by atoms with Gasteiger partial charge in [-0.25, -0.2) is 8.78 Å². The first-order chi connectivity index (χ1) is 8.51. The van der Waals surface area contributed by atoms with Gasteiger partial charge in [-0.2, -0.15) is 0 Å². The van der Waals surface area contributed by atoms with Crippen LogP contribution in [0.15, 0.2) is 18.2 Å². The summed E-state index contributed by atoms with van der Waals surface area (Å²) in [4.78, 5) is 0.329. The Balaban J connectivity index is 2.05. The fourth-order valence-corrected chi connectivity index (χ4v) is 3.62. The first-order valence-corrected chi connectivity index (χ1v) is 7.51. The quantitative estimate of drug-likeness (QED) is 0.669. The van der Waals surface area contributed by atoms with Crippen LogP contribution in [0.4, 0.5) is 8.78 Å². The molecule has 1 atom stereocenters. The summed E-state index contributed by atoms with van der Waals surface area (Å²) in [6.45, 7) is 2.30. The molecule has 0 bridgehead atoms. The van der Waals surface area contributed by atoms with Gasteiger partial charge in [-0.1, -0.05) is 48.2 Å². The monoisotopic (exact) mass is 316 g/mol. The molecular formula is C15H19BrF2. The molecule has 1 aromatic rings. The van der Waals surface area contributed by atoms with Gasteiger partial charge in [0.05, 0.1) is 0 Å². The zero-order valence-corrected chi connectivity index (χ0v) is 12.3. The Morgan fingerprint density at radius 3 is 2.44 bits per heavy atom. The van der Waals surface area contributed by atoms with Crippen LogP contribution in [0.5, 0.6) is 0 Å². The molecular weight excluding hydrogens is 298 g/mol. The maximum atomic E-state index is 13.2. The standard InChI is InChI=1S/C15H19BrF2/c1-15(7-3-2-4-8-15)14(16)10-11-5-6-12(17)13(18)9-11/h5-6,9,14H,2-4,7-8,10H2,1H3. The fourth-order valence-electron chi connectivity index (χ4n) is 2.79. The van der Waals surface area contributed by atoms with Gasteiger partial charge < -0.3 is 0 Å². The van der Waals surface area contributed by atoms with Crippen molar-refractivity contribution in [3.8, 4) is 0 Å². The normalized spacial score (nSPS) is 20.7. The molecule has 0 amide bonds. The van der Waals surface area contributed by atoms with Gasteiger partial charge in [-0.15, -0.1) is 0 Å². The lowest BCUT2D eigenvalue weighted by molar-refractivity contribution is 0.211. The number of rotatable bonds is 3. The van der Waals surface area contributed by atoms with Crippen molar-refractivity contribution in [2.45, 2.75) is 50.3 Å². The van der Waals surface area contributed by atoms with Crippen molar-refractivity contribution in [2.75, 3.05) is 0 Å². The van der Waals surface area contributed by atoms with Crippen LogP contribution >= 0.6 is 15.9 Å². The molecule has 1 fully saturated rings. The topological polar surface area (TPSA) is 0 Å². The van der Waals surface area contributed by atoms with Crippen molar-refractivity contribution < 1.29 is 8.78 Å². The van der Waals surface area contributed by atoms with Crippen molar-refractivity contribution in [1.29, 1.82) is 0 Å². The lowest BCUT2D eigenvalue weighted by Gasteiger charge is -2.38. The van der Waals surface area contributed by atoms with E-state index in [2.05, 4.69) is 22.9 Å². The van der Waals surface area contributed by atoms with Crippen molar-refractivity contribution in [2.24, 2.45) is 5.41 Å². The average molecular weight is 317 g/mol. The molecule has 3 heteroatoms. The Labute approximate surface area is 116 Å². The van der Waals surface area contributed by atoms with Gasteiger partial charge in [0.2, 0.25) is 0 Å². The summed E-state index contributed by atoms with van der Waals surface area (Å²) in [6, 6.07) is 4.21. The molecule has 1 unspecified atom stereocenters. The first-order valence-electron chi connectivity index (χ1n) is 6.59. The SMILES string of the molecule is CC1(C(Br)Cc2ccc(F)c(F)c2)CCCCC1. The van der Waals surface area contributed by atoms with E-state index in [0.717, 1.165) is 12.0 Å².